The maximum Gasteiger partial charge on any atom is 0.490 e. The number of furan rings is 1. The molecule has 1 amide bonds. The van der Waals surface area contributed by atoms with Crippen LogP contribution in [0.15, 0.2) is 46.9 Å². The lowest BCUT2D eigenvalue weighted by Crippen LogP contribution is -2.31. The van der Waals surface area contributed by atoms with Gasteiger partial charge in [-0.3, -0.25) is 9.78 Å². The zero-order valence-electron chi connectivity index (χ0n) is 21.0. The topological polar surface area (TPSA) is 102 Å². The van der Waals surface area contributed by atoms with Crippen LogP contribution >= 0.6 is 0 Å². The van der Waals surface area contributed by atoms with E-state index in [2.05, 4.69) is 4.98 Å². The lowest BCUT2D eigenvalue weighted by atomic mass is 9.91. The normalized spacial score (nSPS) is 20.8. The Bertz CT molecular complexity index is 1290. The first-order valence-corrected chi connectivity index (χ1v) is 12.2. The van der Waals surface area contributed by atoms with Crippen molar-refractivity contribution in [2.24, 2.45) is 11.8 Å². The Hall–Kier alpha value is -3.44. The average Bonchev–Trinajstić information content (AvgIpc) is 3.55. The summed E-state index contributed by atoms with van der Waals surface area (Å²) in [5.74, 6) is -1.58. The van der Waals surface area contributed by atoms with Gasteiger partial charge < -0.3 is 23.9 Å². The van der Waals surface area contributed by atoms with Gasteiger partial charge in [-0.05, 0) is 44.4 Å². The van der Waals surface area contributed by atoms with Crippen LogP contribution in [0.3, 0.4) is 0 Å². The maximum absolute atomic E-state index is 13.2. The van der Waals surface area contributed by atoms with Crippen LogP contribution in [0.25, 0.3) is 11.0 Å². The Kier molecular flexibility index (Phi) is 8.37. The molecular weight excluding hydrogens is 505 g/mol. The molecule has 204 valence electrons. The molecule has 11 heteroatoms. The quantitative estimate of drug-likeness (QED) is 0.455. The van der Waals surface area contributed by atoms with E-state index < -0.39 is 12.1 Å². The maximum atomic E-state index is 13.2. The highest BCUT2D eigenvalue weighted by atomic mass is 19.4. The summed E-state index contributed by atoms with van der Waals surface area (Å²) >= 11 is 0. The van der Waals surface area contributed by atoms with Gasteiger partial charge in [-0.15, -0.1) is 0 Å². The van der Waals surface area contributed by atoms with Crippen molar-refractivity contribution < 1.29 is 41.8 Å². The molecule has 4 heterocycles. The number of rotatable bonds is 6. The van der Waals surface area contributed by atoms with E-state index in [0.29, 0.717) is 43.9 Å². The molecule has 1 aromatic carbocycles. The standard InChI is InChI=1S/C25H28N2O4.C2HF3O2/c1-16-6-5-7-19(26-16)15-29-11-10-18-14-30-23-13-27(12-21(18)23)25(28)24-17(2)20-8-3-4-9-22(20)31-24;3-2(4,5)1(6)7/h3-9,18,21,23H,10-15H2,1-2H3;(H,6,7)/t18-,21-,23-;/m0./s1. The third kappa shape index (κ3) is 6.33. The van der Waals surface area contributed by atoms with Crippen molar-refractivity contribution in [2.45, 2.75) is 39.2 Å². The van der Waals surface area contributed by atoms with Crippen molar-refractivity contribution in [3.05, 3.63) is 65.2 Å². The molecule has 38 heavy (non-hydrogen) atoms. The lowest BCUT2D eigenvalue weighted by Gasteiger charge is -2.19. The van der Waals surface area contributed by atoms with Gasteiger partial charge in [-0.25, -0.2) is 4.79 Å². The molecule has 1 N–H and O–H groups in total. The van der Waals surface area contributed by atoms with E-state index in [1.807, 2.05) is 61.2 Å². The molecule has 2 aliphatic rings. The van der Waals surface area contributed by atoms with Gasteiger partial charge in [0.2, 0.25) is 0 Å². The third-order valence-corrected chi connectivity index (χ3v) is 6.84. The minimum atomic E-state index is -5.08. The summed E-state index contributed by atoms with van der Waals surface area (Å²) in [5, 5.41) is 8.12. The second kappa shape index (κ2) is 11.5. The van der Waals surface area contributed by atoms with Gasteiger partial charge in [0.05, 0.1) is 25.0 Å². The van der Waals surface area contributed by atoms with Crippen LogP contribution in [0.4, 0.5) is 13.2 Å². The molecule has 8 nitrogen and oxygen atoms in total. The number of para-hydroxylation sites is 1. The van der Waals surface area contributed by atoms with Gasteiger partial charge in [0.15, 0.2) is 5.76 Å². The summed E-state index contributed by atoms with van der Waals surface area (Å²) in [6.45, 7) is 7.22. The van der Waals surface area contributed by atoms with E-state index in [9.17, 15) is 18.0 Å². The highest BCUT2D eigenvalue weighted by Gasteiger charge is 2.45. The Morgan fingerprint density at radius 1 is 1.13 bits per heavy atom. The van der Waals surface area contributed by atoms with Gasteiger partial charge in [-0.2, -0.15) is 13.2 Å². The van der Waals surface area contributed by atoms with Crippen molar-refractivity contribution in [1.82, 2.24) is 9.88 Å². The van der Waals surface area contributed by atoms with E-state index in [4.69, 9.17) is 23.8 Å². The van der Waals surface area contributed by atoms with Gasteiger partial charge >= 0.3 is 12.1 Å². The number of aliphatic carboxylic acids is 1. The second-order valence-corrected chi connectivity index (χ2v) is 9.47. The number of aryl methyl sites for hydroxylation is 2. The number of hydrogen-bond acceptors (Lipinski definition) is 6. The molecule has 2 aromatic heterocycles. The number of pyridine rings is 1. The molecule has 0 radical (unpaired) electrons. The van der Waals surface area contributed by atoms with Crippen LogP contribution in [0.5, 0.6) is 0 Å². The summed E-state index contributed by atoms with van der Waals surface area (Å²) in [6.07, 6.45) is -4.05. The van der Waals surface area contributed by atoms with Crippen LogP contribution in [0.1, 0.15) is 33.9 Å². The summed E-state index contributed by atoms with van der Waals surface area (Å²) in [6, 6.07) is 13.8. The van der Waals surface area contributed by atoms with Crippen molar-refractivity contribution in [2.75, 3.05) is 26.3 Å². The molecule has 5 rings (SSSR count). The van der Waals surface area contributed by atoms with E-state index in [1.54, 1.807) is 0 Å². The number of benzene rings is 1. The number of hydrogen-bond donors (Lipinski definition) is 1. The van der Waals surface area contributed by atoms with Crippen LogP contribution in [-0.2, 0) is 20.9 Å². The number of fused-ring (bicyclic) bond motifs is 2. The van der Waals surface area contributed by atoms with Crippen molar-refractivity contribution in [3.8, 4) is 0 Å². The van der Waals surface area contributed by atoms with Crippen LogP contribution in [0, 0.1) is 25.7 Å². The highest BCUT2D eigenvalue weighted by molar-refractivity contribution is 5.99. The summed E-state index contributed by atoms with van der Waals surface area (Å²) < 4.78 is 49.5. The minimum Gasteiger partial charge on any atom is -0.475 e. The second-order valence-electron chi connectivity index (χ2n) is 9.47. The molecule has 0 bridgehead atoms. The summed E-state index contributed by atoms with van der Waals surface area (Å²) in [5.41, 5.74) is 3.63. The Labute approximate surface area is 217 Å². The van der Waals surface area contributed by atoms with Gasteiger partial charge in [0, 0.05) is 42.3 Å². The van der Waals surface area contributed by atoms with E-state index >= 15 is 0 Å². The number of alkyl halides is 3. The molecule has 2 saturated heterocycles. The fraction of sp³-hybridized carbons (Fsp3) is 0.444. The van der Waals surface area contributed by atoms with E-state index in [0.717, 1.165) is 40.9 Å². The first kappa shape index (κ1) is 27.6. The summed E-state index contributed by atoms with van der Waals surface area (Å²) in [7, 11) is 0. The van der Waals surface area contributed by atoms with Crippen molar-refractivity contribution in [1.29, 1.82) is 0 Å². The number of ether oxygens (including phenoxy) is 2. The third-order valence-electron chi connectivity index (χ3n) is 6.84. The Balaban J connectivity index is 0.000000426. The monoisotopic (exact) mass is 534 g/mol. The first-order chi connectivity index (χ1) is 18.0. The minimum absolute atomic E-state index is 0.0350. The van der Waals surface area contributed by atoms with Crippen molar-refractivity contribution in [3.63, 3.8) is 0 Å². The molecule has 3 atom stereocenters. The fourth-order valence-electron chi connectivity index (χ4n) is 4.88. The van der Waals surface area contributed by atoms with E-state index in [1.165, 1.54) is 0 Å². The Morgan fingerprint density at radius 3 is 2.55 bits per heavy atom. The van der Waals surface area contributed by atoms with Gasteiger partial charge in [0.1, 0.15) is 5.58 Å². The van der Waals surface area contributed by atoms with E-state index in [-0.39, 0.29) is 12.0 Å². The molecule has 0 unspecified atom stereocenters. The van der Waals surface area contributed by atoms with Gasteiger partial charge in [0.25, 0.3) is 5.91 Å². The fourth-order valence-corrected chi connectivity index (χ4v) is 4.88. The number of carbonyl (C=O) groups excluding carboxylic acids is 1. The predicted octanol–water partition coefficient (Wildman–Crippen LogP) is 4.77. The molecule has 0 spiro atoms. The predicted molar refractivity (Wildman–Crippen MR) is 131 cm³/mol. The van der Waals surface area contributed by atoms with Crippen LogP contribution < -0.4 is 0 Å². The molecule has 2 aliphatic heterocycles. The molecule has 3 aromatic rings. The number of carbonyl (C=O) groups is 2. The van der Waals surface area contributed by atoms with Crippen molar-refractivity contribution >= 4 is 22.8 Å². The largest absolute Gasteiger partial charge is 0.490 e. The van der Waals surface area contributed by atoms with Crippen LogP contribution in [0.2, 0.25) is 0 Å². The number of halogens is 3. The zero-order chi connectivity index (χ0) is 27.4. The number of amides is 1. The van der Waals surface area contributed by atoms with Crippen LogP contribution in [-0.4, -0.2) is 65.5 Å². The van der Waals surface area contributed by atoms with Gasteiger partial charge in [-0.1, -0.05) is 24.3 Å². The smallest absolute Gasteiger partial charge is 0.475 e. The number of likely N-dealkylation sites (tertiary alicyclic amines) is 1. The first-order valence-electron chi connectivity index (χ1n) is 12.2. The highest BCUT2D eigenvalue weighted by Crippen LogP contribution is 2.37. The number of carboxylic acid groups (broad SMARTS) is 1. The molecule has 0 saturated carbocycles. The number of nitrogens with zero attached hydrogens (tertiary/aromatic N) is 2. The molecule has 0 aliphatic carbocycles. The average molecular weight is 535 g/mol. The zero-order valence-corrected chi connectivity index (χ0v) is 21.0. The Morgan fingerprint density at radius 2 is 1.87 bits per heavy atom. The number of aromatic nitrogens is 1. The molecular formula is C27H29F3N2O6. The number of carboxylic acids is 1. The summed E-state index contributed by atoms with van der Waals surface area (Å²) in [4.78, 5) is 28.4. The lowest BCUT2D eigenvalue weighted by molar-refractivity contribution is -0.192. The molecule has 2 fully saturated rings. The SMILES string of the molecule is Cc1cccc(COCC[C@H]2CO[C@H]3CN(C(=O)c4oc5ccccc5c4C)C[C@@H]23)n1.O=C(O)C(F)(F)F.